The molecule has 1 amide bonds. The van der Waals surface area contributed by atoms with Crippen molar-refractivity contribution in [3.05, 3.63) is 59.2 Å². The van der Waals surface area contributed by atoms with Crippen LogP contribution >= 0.6 is 0 Å². The van der Waals surface area contributed by atoms with Crippen LogP contribution in [0.2, 0.25) is 0 Å². The minimum Gasteiger partial charge on any atom is -0.490 e. The van der Waals surface area contributed by atoms with Crippen molar-refractivity contribution in [1.29, 1.82) is 5.26 Å². The van der Waals surface area contributed by atoms with Crippen molar-refractivity contribution in [2.75, 3.05) is 6.61 Å². The van der Waals surface area contributed by atoms with Crippen LogP contribution in [0.1, 0.15) is 30.0 Å². The van der Waals surface area contributed by atoms with Gasteiger partial charge in [-0.15, -0.1) is 0 Å². The summed E-state index contributed by atoms with van der Waals surface area (Å²) in [5.74, 6) is 1.01. The van der Waals surface area contributed by atoms with Crippen LogP contribution in [0.4, 0.5) is 0 Å². The zero-order valence-electron chi connectivity index (χ0n) is 14.5. The first-order valence-corrected chi connectivity index (χ1v) is 8.20. The molecule has 0 bridgehead atoms. The van der Waals surface area contributed by atoms with Gasteiger partial charge >= 0.3 is 0 Å². The number of aryl methyl sites for hydroxylation is 1. The maximum Gasteiger partial charge on any atom is 0.234 e. The van der Waals surface area contributed by atoms with Crippen molar-refractivity contribution < 1.29 is 14.3 Å². The number of amides is 1. The van der Waals surface area contributed by atoms with Crippen molar-refractivity contribution in [3.8, 4) is 17.6 Å². The van der Waals surface area contributed by atoms with Gasteiger partial charge in [-0.1, -0.05) is 35.9 Å². The Morgan fingerprint density at radius 1 is 1.12 bits per heavy atom. The molecule has 130 valence electrons. The minimum atomic E-state index is -0.291. The van der Waals surface area contributed by atoms with Gasteiger partial charge in [0.2, 0.25) is 5.91 Å². The molecule has 0 saturated heterocycles. The maximum atomic E-state index is 11.4. The molecule has 5 heteroatoms. The van der Waals surface area contributed by atoms with E-state index in [0.717, 1.165) is 11.1 Å². The van der Waals surface area contributed by atoms with Gasteiger partial charge in [0.05, 0.1) is 12.7 Å². The van der Waals surface area contributed by atoms with Gasteiger partial charge in [-0.05, 0) is 37.1 Å². The normalized spacial score (nSPS) is 9.96. The van der Waals surface area contributed by atoms with Crippen LogP contribution in [-0.4, -0.2) is 12.5 Å². The highest BCUT2D eigenvalue weighted by molar-refractivity contribution is 5.77. The quantitative estimate of drug-likeness (QED) is 0.799. The molecule has 5 nitrogen and oxygen atoms in total. The summed E-state index contributed by atoms with van der Waals surface area (Å²) in [4.78, 5) is 11.4. The number of ether oxygens (including phenoxy) is 2. The summed E-state index contributed by atoms with van der Waals surface area (Å²) >= 11 is 0. The highest BCUT2D eigenvalue weighted by Crippen LogP contribution is 2.29. The van der Waals surface area contributed by atoms with E-state index in [1.165, 1.54) is 5.56 Å². The average Bonchev–Trinajstić information content (AvgIpc) is 2.60. The first-order chi connectivity index (χ1) is 12.1. The standard InChI is InChI=1S/C20H22N2O3/c1-3-24-19-12-16(13-22-20(23)9-10-21)7-8-18(19)25-14-17-6-4-5-15(2)11-17/h4-8,11-12H,3,9,13-14H2,1-2H3,(H,22,23). The molecule has 0 radical (unpaired) electrons. The smallest absolute Gasteiger partial charge is 0.234 e. The second-order valence-corrected chi connectivity index (χ2v) is 5.60. The Morgan fingerprint density at radius 3 is 2.68 bits per heavy atom. The van der Waals surface area contributed by atoms with E-state index in [-0.39, 0.29) is 12.3 Å². The average molecular weight is 338 g/mol. The molecule has 0 saturated carbocycles. The summed E-state index contributed by atoms with van der Waals surface area (Å²) in [5.41, 5.74) is 3.17. The Balaban J connectivity index is 2.04. The zero-order valence-corrected chi connectivity index (χ0v) is 14.5. The van der Waals surface area contributed by atoms with E-state index < -0.39 is 0 Å². The van der Waals surface area contributed by atoms with E-state index in [0.29, 0.717) is 31.3 Å². The number of rotatable bonds is 8. The van der Waals surface area contributed by atoms with Crippen LogP contribution in [0.25, 0.3) is 0 Å². The second kappa shape index (κ2) is 9.33. The van der Waals surface area contributed by atoms with Gasteiger partial charge in [0.15, 0.2) is 11.5 Å². The topological polar surface area (TPSA) is 71.3 Å². The van der Waals surface area contributed by atoms with Gasteiger partial charge in [0.1, 0.15) is 13.0 Å². The molecule has 25 heavy (non-hydrogen) atoms. The molecule has 0 aliphatic rings. The fourth-order valence-electron chi connectivity index (χ4n) is 2.35. The highest BCUT2D eigenvalue weighted by atomic mass is 16.5. The number of hydrogen-bond donors (Lipinski definition) is 1. The predicted octanol–water partition coefficient (Wildman–Crippen LogP) is 3.50. The molecule has 0 aliphatic carbocycles. The lowest BCUT2D eigenvalue weighted by molar-refractivity contribution is -0.120. The maximum absolute atomic E-state index is 11.4. The Bertz CT molecular complexity index is 766. The molecule has 2 rings (SSSR count). The summed E-state index contributed by atoms with van der Waals surface area (Å²) in [6.07, 6.45) is -0.143. The van der Waals surface area contributed by atoms with Crippen LogP contribution in [0.15, 0.2) is 42.5 Å². The summed E-state index contributed by atoms with van der Waals surface area (Å²) in [7, 11) is 0. The lowest BCUT2D eigenvalue weighted by atomic mass is 10.1. The summed E-state index contributed by atoms with van der Waals surface area (Å²) < 4.78 is 11.5. The van der Waals surface area contributed by atoms with Gasteiger partial charge < -0.3 is 14.8 Å². The van der Waals surface area contributed by atoms with Crippen molar-refractivity contribution in [2.45, 2.75) is 33.4 Å². The van der Waals surface area contributed by atoms with Crippen LogP contribution in [0.5, 0.6) is 11.5 Å². The van der Waals surface area contributed by atoms with Gasteiger partial charge in [0, 0.05) is 6.54 Å². The van der Waals surface area contributed by atoms with Gasteiger partial charge in [-0.2, -0.15) is 5.26 Å². The molecule has 0 fully saturated rings. The van der Waals surface area contributed by atoms with Crippen molar-refractivity contribution in [1.82, 2.24) is 5.32 Å². The highest BCUT2D eigenvalue weighted by Gasteiger charge is 2.08. The monoisotopic (exact) mass is 338 g/mol. The van der Waals surface area contributed by atoms with E-state index in [2.05, 4.69) is 11.4 Å². The minimum absolute atomic E-state index is 0.143. The van der Waals surface area contributed by atoms with Crippen molar-refractivity contribution >= 4 is 5.91 Å². The first-order valence-electron chi connectivity index (χ1n) is 8.20. The lowest BCUT2D eigenvalue weighted by Gasteiger charge is -2.14. The molecular formula is C20H22N2O3. The number of nitrogens with zero attached hydrogens (tertiary/aromatic N) is 1. The van der Waals surface area contributed by atoms with E-state index in [9.17, 15) is 4.79 Å². The zero-order chi connectivity index (χ0) is 18.1. The van der Waals surface area contributed by atoms with E-state index in [4.69, 9.17) is 14.7 Å². The van der Waals surface area contributed by atoms with Crippen molar-refractivity contribution in [2.24, 2.45) is 0 Å². The SMILES string of the molecule is CCOc1cc(CNC(=O)CC#N)ccc1OCc1cccc(C)c1. The molecular weight excluding hydrogens is 316 g/mol. The fourth-order valence-corrected chi connectivity index (χ4v) is 2.35. The molecule has 0 aliphatic heterocycles. The Kier molecular flexibility index (Phi) is 6.85. The molecule has 0 spiro atoms. The number of benzene rings is 2. The second-order valence-electron chi connectivity index (χ2n) is 5.60. The van der Waals surface area contributed by atoms with Crippen LogP contribution in [0.3, 0.4) is 0 Å². The number of hydrogen-bond acceptors (Lipinski definition) is 4. The fraction of sp³-hybridized carbons (Fsp3) is 0.300. The van der Waals surface area contributed by atoms with Crippen molar-refractivity contribution in [3.63, 3.8) is 0 Å². The number of carbonyl (C=O) groups is 1. The Morgan fingerprint density at radius 2 is 1.96 bits per heavy atom. The van der Waals surface area contributed by atoms with Gasteiger partial charge in [0.25, 0.3) is 0 Å². The lowest BCUT2D eigenvalue weighted by Crippen LogP contribution is -2.21. The van der Waals surface area contributed by atoms with E-state index in [1.807, 2.05) is 56.3 Å². The van der Waals surface area contributed by atoms with E-state index >= 15 is 0 Å². The molecule has 2 aromatic rings. The van der Waals surface area contributed by atoms with Gasteiger partial charge in [-0.25, -0.2) is 0 Å². The Hall–Kier alpha value is -3.00. The molecule has 0 atom stereocenters. The number of carbonyl (C=O) groups excluding carboxylic acids is 1. The van der Waals surface area contributed by atoms with Crippen LogP contribution in [-0.2, 0) is 17.9 Å². The molecule has 1 N–H and O–H groups in total. The van der Waals surface area contributed by atoms with Gasteiger partial charge in [-0.3, -0.25) is 4.79 Å². The summed E-state index contributed by atoms with van der Waals surface area (Å²) in [6, 6.07) is 15.5. The largest absolute Gasteiger partial charge is 0.490 e. The predicted molar refractivity (Wildman–Crippen MR) is 95.2 cm³/mol. The summed E-state index contributed by atoms with van der Waals surface area (Å²) in [6.45, 7) is 5.28. The Labute approximate surface area is 148 Å². The first kappa shape index (κ1) is 18.3. The number of nitrogens with one attached hydrogen (secondary N) is 1. The number of nitriles is 1. The van der Waals surface area contributed by atoms with E-state index in [1.54, 1.807) is 0 Å². The third kappa shape index (κ3) is 5.85. The molecule has 0 heterocycles. The van der Waals surface area contributed by atoms with Crippen LogP contribution < -0.4 is 14.8 Å². The molecule has 2 aromatic carbocycles. The van der Waals surface area contributed by atoms with Crippen LogP contribution in [0, 0.1) is 18.3 Å². The molecule has 0 aromatic heterocycles. The summed E-state index contributed by atoms with van der Waals surface area (Å²) in [5, 5.41) is 11.2. The third-order valence-electron chi connectivity index (χ3n) is 3.51. The molecule has 0 unspecified atom stereocenters. The third-order valence-corrected chi connectivity index (χ3v) is 3.51.